The van der Waals surface area contributed by atoms with Crippen LogP contribution in [0.25, 0.3) is 5.69 Å². The zero-order valence-corrected chi connectivity index (χ0v) is 14.6. The van der Waals surface area contributed by atoms with E-state index in [1.54, 1.807) is 48.2 Å². The molecule has 0 radical (unpaired) electrons. The Kier molecular flexibility index (Phi) is 4.59. The normalized spacial score (nSPS) is 16.3. The molecule has 124 valence electrons. The van der Waals surface area contributed by atoms with Gasteiger partial charge in [-0.25, -0.2) is 4.68 Å². The Bertz CT molecular complexity index is 833. The Morgan fingerprint density at radius 3 is 2.83 bits per heavy atom. The lowest BCUT2D eigenvalue weighted by Gasteiger charge is -2.10. The Balaban J connectivity index is 1.78. The van der Waals surface area contributed by atoms with E-state index in [2.05, 4.69) is 10.3 Å². The van der Waals surface area contributed by atoms with Crippen LogP contribution in [0, 0.1) is 0 Å². The highest BCUT2D eigenvalue weighted by atomic mass is 35.5. The summed E-state index contributed by atoms with van der Waals surface area (Å²) in [5.41, 5.74) is 1.27. The van der Waals surface area contributed by atoms with E-state index in [0.717, 1.165) is 22.3 Å². The maximum absolute atomic E-state index is 12.3. The SMILES string of the molecule is CN(C)/C=C1\SC(=O)N(Cc2cn(-c3cccc(Cl)c3)nn2)C1=O. The number of hydrogen-bond donors (Lipinski definition) is 0. The Labute approximate surface area is 147 Å². The van der Waals surface area contributed by atoms with Crippen LogP contribution in [0.4, 0.5) is 4.79 Å². The first-order chi connectivity index (χ1) is 11.4. The monoisotopic (exact) mass is 363 g/mol. The van der Waals surface area contributed by atoms with Gasteiger partial charge in [-0.1, -0.05) is 22.9 Å². The number of amides is 2. The Morgan fingerprint density at radius 2 is 2.12 bits per heavy atom. The zero-order chi connectivity index (χ0) is 17.3. The number of halogens is 1. The quantitative estimate of drug-likeness (QED) is 0.777. The van der Waals surface area contributed by atoms with Gasteiger partial charge in [0.2, 0.25) is 0 Å². The molecule has 1 saturated heterocycles. The molecule has 1 fully saturated rings. The molecule has 1 aliphatic rings. The van der Waals surface area contributed by atoms with Gasteiger partial charge < -0.3 is 4.90 Å². The smallest absolute Gasteiger partial charge is 0.293 e. The minimum absolute atomic E-state index is 0.0794. The summed E-state index contributed by atoms with van der Waals surface area (Å²) in [6.07, 6.45) is 3.30. The lowest BCUT2D eigenvalue weighted by atomic mass is 10.3. The number of carbonyl (C=O) groups is 2. The fraction of sp³-hybridized carbons (Fsp3) is 0.200. The van der Waals surface area contributed by atoms with Gasteiger partial charge in [-0.3, -0.25) is 14.5 Å². The summed E-state index contributed by atoms with van der Waals surface area (Å²) in [6.45, 7) is 0.0794. The summed E-state index contributed by atoms with van der Waals surface area (Å²) in [5.74, 6) is -0.323. The molecule has 0 bridgehead atoms. The number of thioether (sulfide) groups is 1. The first-order valence-electron chi connectivity index (χ1n) is 7.03. The second-order valence-electron chi connectivity index (χ2n) is 5.35. The molecule has 0 atom stereocenters. The molecule has 2 heterocycles. The summed E-state index contributed by atoms with van der Waals surface area (Å²) < 4.78 is 1.55. The van der Waals surface area contributed by atoms with Crippen LogP contribution in [0.5, 0.6) is 0 Å². The molecule has 3 rings (SSSR count). The van der Waals surface area contributed by atoms with E-state index in [0.29, 0.717) is 15.6 Å². The zero-order valence-electron chi connectivity index (χ0n) is 13.0. The summed E-state index contributed by atoms with van der Waals surface area (Å²) >= 11 is 6.88. The minimum Gasteiger partial charge on any atom is -0.382 e. The predicted molar refractivity (Wildman–Crippen MR) is 91.7 cm³/mol. The first kappa shape index (κ1) is 16.5. The van der Waals surface area contributed by atoms with Crippen LogP contribution in [0.15, 0.2) is 41.6 Å². The molecule has 2 aromatic rings. The molecule has 0 aliphatic carbocycles. The standard InChI is InChI=1S/C15H14ClN5O2S/c1-19(2)9-13-14(22)20(15(23)24-13)7-11-8-21(18-17-11)12-5-3-4-10(16)6-12/h3-6,8-9H,7H2,1-2H3/b13-9-. The lowest BCUT2D eigenvalue weighted by Crippen LogP contribution is -2.28. The average molecular weight is 364 g/mol. The molecule has 0 saturated carbocycles. The average Bonchev–Trinajstić information content (AvgIpc) is 3.08. The molecule has 0 N–H and O–H groups in total. The summed E-state index contributed by atoms with van der Waals surface area (Å²) in [6, 6.07) is 7.16. The fourth-order valence-corrected chi connectivity index (χ4v) is 3.23. The predicted octanol–water partition coefficient (Wildman–Crippen LogP) is 2.52. The lowest BCUT2D eigenvalue weighted by molar-refractivity contribution is -0.123. The number of carbonyl (C=O) groups excluding carboxylic acids is 2. The van der Waals surface area contributed by atoms with Gasteiger partial charge in [-0.15, -0.1) is 5.10 Å². The highest BCUT2D eigenvalue weighted by Crippen LogP contribution is 2.31. The van der Waals surface area contributed by atoms with E-state index < -0.39 is 0 Å². The fourth-order valence-electron chi connectivity index (χ4n) is 2.14. The number of rotatable bonds is 4. The van der Waals surface area contributed by atoms with Crippen molar-refractivity contribution in [1.29, 1.82) is 0 Å². The summed E-state index contributed by atoms with van der Waals surface area (Å²) in [5, 5.41) is 8.31. The van der Waals surface area contributed by atoms with E-state index in [1.165, 1.54) is 0 Å². The van der Waals surface area contributed by atoms with Crippen molar-refractivity contribution >= 4 is 34.5 Å². The number of aromatic nitrogens is 3. The molecule has 24 heavy (non-hydrogen) atoms. The van der Waals surface area contributed by atoms with Crippen LogP contribution in [-0.2, 0) is 11.3 Å². The molecular formula is C15H14ClN5O2S. The van der Waals surface area contributed by atoms with Crippen molar-refractivity contribution in [2.45, 2.75) is 6.54 Å². The third kappa shape index (κ3) is 3.44. The molecule has 9 heteroatoms. The van der Waals surface area contributed by atoms with Crippen LogP contribution >= 0.6 is 23.4 Å². The van der Waals surface area contributed by atoms with E-state index in [9.17, 15) is 9.59 Å². The van der Waals surface area contributed by atoms with Gasteiger partial charge in [0, 0.05) is 25.3 Å². The highest BCUT2D eigenvalue weighted by Gasteiger charge is 2.35. The van der Waals surface area contributed by atoms with Crippen LogP contribution in [-0.4, -0.2) is 50.0 Å². The van der Waals surface area contributed by atoms with Crippen molar-refractivity contribution in [2.75, 3.05) is 14.1 Å². The van der Waals surface area contributed by atoms with Crippen LogP contribution in [0.2, 0.25) is 5.02 Å². The number of imide groups is 1. The highest BCUT2D eigenvalue weighted by molar-refractivity contribution is 8.18. The largest absolute Gasteiger partial charge is 0.382 e. The topological polar surface area (TPSA) is 71.3 Å². The molecule has 1 aromatic carbocycles. The van der Waals surface area contributed by atoms with E-state index in [4.69, 9.17) is 11.6 Å². The number of hydrogen-bond acceptors (Lipinski definition) is 6. The van der Waals surface area contributed by atoms with E-state index in [-0.39, 0.29) is 17.7 Å². The second-order valence-corrected chi connectivity index (χ2v) is 6.78. The van der Waals surface area contributed by atoms with Gasteiger partial charge in [0.1, 0.15) is 5.69 Å². The third-order valence-electron chi connectivity index (χ3n) is 3.18. The van der Waals surface area contributed by atoms with Gasteiger partial charge in [0.15, 0.2) is 0 Å². The number of nitrogens with zero attached hydrogens (tertiary/aromatic N) is 5. The second kappa shape index (κ2) is 6.66. The van der Waals surface area contributed by atoms with E-state index >= 15 is 0 Å². The molecule has 1 aromatic heterocycles. The van der Waals surface area contributed by atoms with Crippen LogP contribution in [0.3, 0.4) is 0 Å². The van der Waals surface area contributed by atoms with Crippen molar-refractivity contribution in [1.82, 2.24) is 24.8 Å². The molecule has 7 nitrogen and oxygen atoms in total. The third-order valence-corrected chi connectivity index (χ3v) is 4.31. The van der Waals surface area contributed by atoms with Crippen molar-refractivity contribution in [3.8, 4) is 5.69 Å². The van der Waals surface area contributed by atoms with Crippen molar-refractivity contribution < 1.29 is 9.59 Å². The van der Waals surface area contributed by atoms with Crippen LogP contribution < -0.4 is 0 Å². The maximum Gasteiger partial charge on any atom is 0.293 e. The number of benzene rings is 1. The van der Waals surface area contributed by atoms with Gasteiger partial charge >= 0.3 is 0 Å². The van der Waals surface area contributed by atoms with Crippen molar-refractivity contribution in [3.63, 3.8) is 0 Å². The van der Waals surface area contributed by atoms with Gasteiger partial charge in [-0.05, 0) is 30.0 Å². The molecule has 1 aliphatic heterocycles. The summed E-state index contributed by atoms with van der Waals surface area (Å²) in [7, 11) is 3.59. The van der Waals surface area contributed by atoms with Crippen molar-refractivity contribution in [3.05, 3.63) is 52.3 Å². The Hall–Kier alpha value is -2.32. The summed E-state index contributed by atoms with van der Waals surface area (Å²) in [4.78, 5) is 27.6. The molecular weight excluding hydrogens is 350 g/mol. The minimum atomic E-state index is -0.323. The Morgan fingerprint density at radius 1 is 1.33 bits per heavy atom. The van der Waals surface area contributed by atoms with Crippen molar-refractivity contribution in [2.24, 2.45) is 0 Å². The molecule has 0 unspecified atom stereocenters. The maximum atomic E-state index is 12.3. The molecule has 0 spiro atoms. The van der Waals surface area contributed by atoms with Crippen LogP contribution in [0.1, 0.15) is 5.69 Å². The van der Waals surface area contributed by atoms with Gasteiger partial charge in [-0.2, -0.15) is 0 Å². The van der Waals surface area contributed by atoms with Gasteiger partial charge in [0.05, 0.1) is 23.3 Å². The van der Waals surface area contributed by atoms with E-state index in [1.807, 2.05) is 12.1 Å². The van der Waals surface area contributed by atoms with Gasteiger partial charge in [0.25, 0.3) is 11.1 Å². The first-order valence-corrected chi connectivity index (χ1v) is 8.22. The molecule has 2 amide bonds.